The highest BCUT2D eigenvalue weighted by molar-refractivity contribution is 7.09. The Hall–Kier alpha value is -3.46. The van der Waals surface area contributed by atoms with Gasteiger partial charge in [0.2, 0.25) is 5.88 Å². The Balaban J connectivity index is 1.88. The minimum absolute atomic E-state index is 0.133. The number of nitrogens with zero attached hydrogens (tertiary/aromatic N) is 2. The molecule has 8 nitrogen and oxygen atoms in total. The van der Waals surface area contributed by atoms with E-state index >= 15 is 0 Å². The lowest BCUT2D eigenvalue weighted by Crippen LogP contribution is -2.32. The van der Waals surface area contributed by atoms with E-state index in [1.54, 1.807) is 31.2 Å². The zero-order valence-electron chi connectivity index (χ0n) is 14.9. The molecule has 0 saturated carbocycles. The van der Waals surface area contributed by atoms with Crippen molar-refractivity contribution in [1.29, 1.82) is 0 Å². The lowest BCUT2D eigenvalue weighted by atomic mass is 10.2. The zero-order chi connectivity index (χ0) is 20.1. The number of aromatic nitrogens is 2. The van der Waals surface area contributed by atoms with Crippen molar-refractivity contribution in [3.05, 3.63) is 78.6 Å². The van der Waals surface area contributed by atoms with Crippen LogP contribution < -0.4 is 11.2 Å². The van der Waals surface area contributed by atoms with Gasteiger partial charge >= 0.3 is 11.7 Å². The summed E-state index contributed by atoms with van der Waals surface area (Å²) in [4.78, 5) is 42.9. The van der Waals surface area contributed by atoms with Crippen LogP contribution in [-0.2, 0) is 11.3 Å². The lowest BCUT2D eigenvalue weighted by molar-refractivity contribution is 0.0526. The maximum atomic E-state index is 12.1. The number of H-pyrrole nitrogens is 1. The van der Waals surface area contributed by atoms with Crippen molar-refractivity contribution in [3.63, 3.8) is 0 Å². The highest BCUT2D eigenvalue weighted by Crippen LogP contribution is 2.17. The first-order valence-corrected chi connectivity index (χ1v) is 9.27. The van der Waals surface area contributed by atoms with E-state index in [2.05, 4.69) is 9.98 Å². The molecule has 2 N–H and O–H groups in total. The number of hydrogen-bond acceptors (Lipinski definition) is 7. The van der Waals surface area contributed by atoms with E-state index in [0.29, 0.717) is 11.3 Å². The fraction of sp³-hybridized carbons (Fsp3) is 0.158. The fourth-order valence-corrected chi connectivity index (χ4v) is 3.13. The minimum Gasteiger partial charge on any atom is -0.494 e. The van der Waals surface area contributed by atoms with Crippen LogP contribution in [0.5, 0.6) is 5.88 Å². The number of hydrogen-bond donors (Lipinski definition) is 2. The average molecular weight is 399 g/mol. The summed E-state index contributed by atoms with van der Waals surface area (Å²) in [5.41, 5.74) is -0.733. The summed E-state index contributed by atoms with van der Waals surface area (Å²) >= 11 is 1.43. The molecule has 0 amide bonds. The molecule has 1 aromatic carbocycles. The van der Waals surface area contributed by atoms with Crippen LogP contribution in [0.25, 0.3) is 0 Å². The molecule has 0 bridgehead atoms. The number of benzene rings is 1. The van der Waals surface area contributed by atoms with Crippen molar-refractivity contribution >= 4 is 29.2 Å². The van der Waals surface area contributed by atoms with Gasteiger partial charge in [-0.1, -0.05) is 6.07 Å². The van der Waals surface area contributed by atoms with Crippen molar-refractivity contribution in [2.24, 2.45) is 4.99 Å². The quantitative estimate of drug-likeness (QED) is 0.488. The summed E-state index contributed by atoms with van der Waals surface area (Å²) in [5.74, 6) is -0.901. The first-order valence-electron chi connectivity index (χ1n) is 8.39. The predicted molar refractivity (Wildman–Crippen MR) is 106 cm³/mol. The number of carbonyl (C=O) groups excluding carboxylic acids is 1. The van der Waals surface area contributed by atoms with Crippen LogP contribution >= 0.6 is 11.3 Å². The zero-order valence-corrected chi connectivity index (χ0v) is 15.7. The van der Waals surface area contributed by atoms with Crippen LogP contribution in [-0.4, -0.2) is 33.4 Å². The number of ether oxygens (including phenoxy) is 1. The van der Waals surface area contributed by atoms with Crippen molar-refractivity contribution in [3.8, 4) is 5.88 Å². The number of esters is 1. The molecular formula is C19H17N3O5S. The number of nitrogens with one attached hydrogen (secondary N) is 1. The normalized spacial score (nSPS) is 11.0. The molecule has 0 aliphatic heterocycles. The van der Waals surface area contributed by atoms with Crippen LogP contribution in [0.3, 0.4) is 0 Å². The molecule has 28 heavy (non-hydrogen) atoms. The van der Waals surface area contributed by atoms with Crippen molar-refractivity contribution in [1.82, 2.24) is 9.55 Å². The smallest absolute Gasteiger partial charge is 0.338 e. The van der Waals surface area contributed by atoms with Crippen molar-refractivity contribution in [2.75, 3.05) is 6.61 Å². The van der Waals surface area contributed by atoms with E-state index in [4.69, 9.17) is 4.74 Å². The topological polar surface area (TPSA) is 114 Å². The third kappa shape index (κ3) is 4.26. The molecule has 2 heterocycles. The molecule has 144 valence electrons. The third-order valence-corrected chi connectivity index (χ3v) is 4.68. The summed E-state index contributed by atoms with van der Waals surface area (Å²) in [6.07, 6.45) is 1.18. The minimum atomic E-state index is -0.739. The van der Waals surface area contributed by atoms with Crippen LogP contribution in [0, 0.1) is 0 Å². The Bertz CT molecular complexity index is 1110. The van der Waals surface area contributed by atoms with Gasteiger partial charge in [-0.25, -0.2) is 9.59 Å². The largest absolute Gasteiger partial charge is 0.494 e. The summed E-state index contributed by atoms with van der Waals surface area (Å²) in [7, 11) is 0. The summed E-state index contributed by atoms with van der Waals surface area (Å²) < 4.78 is 5.98. The molecule has 9 heteroatoms. The maximum absolute atomic E-state index is 12.1. The Morgan fingerprint density at radius 1 is 1.29 bits per heavy atom. The Morgan fingerprint density at radius 2 is 2.04 bits per heavy atom. The van der Waals surface area contributed by atoms with Gasteiger partial charge < -0.3 is 9.84 Å². The van der Waals surface area contributed by atoms with Gasteiger partial charge in [-0.05, 0) is 42.6 Å². The van der Waals surface area contributed by atoms with Crippen LogP contribution in [0.4, 0.5) is 5.69 Å². The third-order valence-electron chi connectivity index (χ3n) is 3.82. The second-order valence-corrected chi connectivity index (χ2v) is 6.72. The van der Waals surface area contributed by atoms with E-state index < -0.39 is 23.1 Å². The Labute approximate surface area is 163 Å². The maximum Gasteiger partial charge on any atom is 0.338 e. The van der Waals surface area contributed by atoms with Crippen LogP contribution in [0.2, 0.25) is 0 Å². The van der Waals surface area contributed by atoms with Gasteiger partial charge in [0.15, 0.2) is 0 Å². The molecule has 2 aromatic heterocycles. The molecular weight excluding hydrogens is 382 g/mol. The number of carbonyl (C=O) groups is 1. The van der Waals surface area contributed by atoms with Crippen molar-refractivity contribution in [2.45, 2.75) is 13.5 Å². The molecule has 0 aliphatic carbocycles. The lowest BCUT2D eigenvalue weighted by Gasteiger charge is -2.08. The van der Waals surface area contributed by atoms with Gasteiger partial charge in [0.1, 0.15) is 5.56 Å². The molecule has 0 aliphatic rings. The number of aromatic amines is 1. The first kappa shape index (κ1) is 19.3. The van der Waals surface area contributed by atoms with Gasteiger partial charge in [0.05, 0.1) is 24.4 Å². The van der Waals surface area contributed by atoms with Crippen LogP contribution in [0.1, 0.15) is 27.7 Å². The Morgan fingerprint density at radius 3 is 2.68 bits per heavy atom. The monoisotopic (exact) mass is 399 g/mol. The number of thiophene rings is 1. The molecule has 0 spiro atoms. The fourth-order valence-electron chi connectivity index (χ4n) is 2.43. The molecule has 3 aromatic rings. The van der Waals surface area contributed by atoms with E-state index in [1.165, 1.54) is 17.6 Å². The van der Waals surface area contributed by atoms with Gasteiger partial charge in [-0.2, -0.15) is 0 Å². The summed E-state index contributed by atoms with van der Waals surface area (Å²) in [5, 5.41) is 12.3. The molecule has 0 atom stereocenters. The van der Waals surface area contributed by atoms with Gasteiger partial charge in [-0.3, -0.25) is 19.3 Å². The second kappa shape index (κ2) is 8.49. The summed E-state index contributed by atoms with van der Waals surface area (Å²) in [6.45, 7) is 2.13. The molecule has 0 saturated heterocycles. The summed E-state index contributed by atoms with van der Waals surface area (Å²) in [6, 6.07) is 9.90. The van der Waals surface area contributed by atoms with E-state index in [-0.39, 0.29) is 18.7 Å². The Kier molecular flexibility index (Phi) is 5.85. The predicted octanol–water partition coefficient (Wildman–Crippen LogP) is 2.28. The van der Waals surface area contributed by atoms with Crippen molar-refractivity contribution < 1.29 is 14.6 Å². The SMILES string of the molecule is CCOC(=O)c1ccc(N=Cc2c(O)n(Cc3cccs3)c(=O)[nH]c2=O)cc1. The highest BCUT2D eigenvalue weighted by atomic mass is 32.1. The standard InChI is InChI=1S/C19H17N3O5S/c1-2-27-18(25)12-5-7-13(8-6-12)20-10-15-16(23)21-19(26)22(17(15)24)11-14-4-3-9-28-14/h3-10,24H,2,11H2,1H3,(H,21,23,26). The molecule has 0 radical (unpaired) electrons. The first-order chi connectivity index (χ1) is 13.5. The van der Waals surface area contributed by atoms with E-state index in [0.717, 1.165) is 9.44 Å². The number of aliphatic imine (C=N–C) groups is 1. The number of aromatic hydroxyl groups is 1. The second-order valence-electron chi connectivity index (χ2n) is 5.69. The van der Waals surface area contributed by atoms with Gasteiger partial charge in [0, 0.05) is 11.1 Å². The average Bonchev–Trinajstić information content (AvgIpc) is 3.19. The van der Waals surface area contributed by atoms with Crippen LogP contribution in [0.15, 0.2) is 56.4 Å². The van der Waals surface area contributed by atoms with Gasteiger partial charge in [-0.15, -0.1) is 11.3 Å². The van der Waals surface area contributed by atoms with E-state index in [1.807, 2.05) is 17.5 Å². The van der Waals surface area contributed by atoms with E-state index in [9.17, 15) is 19.5 Å². The molecule has 0 unspecified atom stereocenters. The number of rotatable bonds is 6. The molecule has 0 fully saturated rings. The molecule has 3 rings (SSSR count). The van der Waals surface area contributed by atoms with Gasteiger partial charge in [0.25, 0.3) is 5.56 Å². The highest BCUT2D eigenvalue weighted by Gasteiger charge is 2.13.